The standard InChI is InChI=1S/C30H31NO4/c1-18-11-14-21(30(3,4)5)17-23(18)27(32)25-26(20-12-15-22(35-6)16-13-20)31(29(34)28(25)33)24-10-8-7-9-19(24)2/h7-17,26,32H,1-6H3/b27-25+. The second-order valence-corrected chi connectivity index (χ2v) is 10.0. The van der Waals surface area contributed by atoms with Crippen LogP contribution in [0.15, 0.2) is 72.3 Å². The highest BCUT2D eigenvalue weighted by Crippen LogP contribution is 2.44. The number of para-hydroxylation sites is 1. The summed E-state index contributed by atoms with van der Waals surface area (Å²) in [5.74, 6) is -0.863. The minimum atomic E-state index is -0.778. The summed E-state index contributed by atoms with van der Waals surface area (Å²) >= 11 is 0. The molecule has 1 atom stereocenters. The summed E-state index contributed by atoms with van der Waals surface area (Å²) in [6.07, 6.45) is 0. The van der Waals surface area contributed by atoms with Crippen LogP contribution >= 0.6 is 0 Å². The number of benzene rings is 3. The number of carbonyl (C=O) groups excluding carboxylic acids is 2. The average Bonchev–Trinajstić information content (AvgIpc) is 3.09. The molecule has 1 N–H and O–H groups in total. The molecule has 5 nitrogen and oxygen atoms in total. The van der Waals surface area contributed by atoms with Crippen LogP contribution in [0, 0.1) is 13.8 Å². The topological polar surface area (TPSA) is 66.8 Å². The number of anilines is 1. The molecule has 5 heteroatoms. The molecule has 1 aliphatic rings. The van der Waals surface area contributed by atoms with Gasteiger partial charge >= 0.3 is 0 Å². The van der Waals surface area contributed by atoms with Crippen molar-refractivity contribution in [2.75, 3.05) is 12.0 Å². The number of hydrogen-bond acceptors (Lipinski definition) is 4. The van der Waals surface area contributed by atoms with Crippen molar-refractivity contribution in [3.63, 3.8) is 0 Å². The fourth-order valence-electron chi connectivity index (χ4n) is 4.51. The number of ketones is 1. The molecule has 0 saturated carbocycles. The number of aryl methyl sites for hydroxylation is 2. The Bertz CT molecular complexity index is 1330. The molecule has 35 heavy (non-hydrogen) atoms. The van der Waals surface area contributed by atoms with Crippen LogP contribution in [0.2, 0.25) is 0 Å². The first kappa shape index (κ1) is 24.3. The summed E-state index contributed by atoms with van der Waals surface area (Å²) in [7, 11) is 1.58. The maximum absolute atomic E-state index is 13.5. The largest absolute Gasteiger partial charge is 0.507 e. The van der Waals surface area contributed by atoms with Gasteiger partial charge in [0.2, 0.25) is 0 Å². The SMILES string of the molecule is COc1ccc(C2/C(=C(\O)c3cc(C(C)(C)C)ccc3C)C(=O)C(=O)N2c2ccccc2C)cc1. The third-order valence-corrected chi connectivity index (χ3v) is 6.61. The van der Waals surface area contributed by atoms with E-state index in [4.69, 9.17) is 4.74 Å². The predicted octanol–water partition coefficient (Wildman–Crippen LogP) is 6.24. The minimum absolute atomic E-state index is 0.0811. The van der Waals surface area contributed by atoms with Crippen molar-refractivity contribution in [1.29, 1.82) is 0 Å². The van der Waals surface area contributed by atoms with E-state index in [-0.39, 0.29) is 16.7 Å². The van der Waals surface area contributed by atoms with Gasteiger partial charge in [0, 0.05) is 11.3 Å². The lowest BCUT2D eigenvalue weighted by atomic mass is 9.84. The first-order chi connectivity index (χ1) is 16.5. The van der Waals surface area contributed by atoms with E-state index in [1.807, 2.05) is 68.4 Å². The van der Waals surface area contributed by atoms with Crippen molar-refractivity contribution in [2.45, 2.75) is 46.1 Å². The molecule has 0 bridgehead atoms. The molecule has 1 amide bonds. The van der Waals surface area contributed by atoms with Gasteiger partial charge in [0.15, 0.2) is 0 Å². The van der Waals surface area contributed by atoms with Gasteiger partial charge in [-0.05, 0) is 65.8 Å². The molecule has 180 valence electrons. The lowest BCUT2D eigenvalue weighted by molar-refractivity contribution is -0.132. The zero-order chi connectivity index (χ0) is 25.5. The van der Waals surface area contributed by atoms with Crippen LogP contribution in [0.4, 0.5) is 5.69 Å². The number of aliphatic hydroxyl groups is 1. The van der Waals surface area contributed by atoms with Gasteiger partial charge in [0.1, 0.15) is 11.5 Å². The molecule has 1 saturated heterocycles. The molecule has 0 spiro atoms. The van der Waals surface area contributed by atoms with E-state index in [0.717, 1.165) is 16.7 Å². The average molecular weight is 470 g/mol. The van der Waals surface area contributed by atoms with Crippen LogP contribution < -0.4 is 9.64 Å². The number of ether oxygens (including phenoxy) is 1. The van der Waals surface area contributed by atoms with Crippen LogP contribution in [0.5, 0.6) is 5.75 Å². The lowest BCUT2D eigenvalue weighted by Crippen LogP contribution is -2.30. The molecule has 3 aromatic carbocycles. The highest BCUT2D eigenvalue weighted by Gasteiger charge is 2.47. The summed E-state index contributed by atoms with van der Waals surface area (Å²) in [5.41, 5.74) is 4.54. The predicted molar refractivity (Wildman–Crippen MR) is 139 cm³/mol. The summed E-state index contributed by atoms with van der Waals surface area (Å²) in [6, 6.07) is 19.8. The van der Waals surface area contributed by atoms with Crippen LogP contribution in [-0.4, -0.2) is 23.9 Å². The molecule has 1 unspecified atom stereocenters. The van der Waals surface area contributed by atoms with E-state index in [1.165, 1.54) is 4.90 Å². The van der Waals surface area contributed by atoms with E-state index in [1.54, 1.807) is 19.2 Å². The maximum Gasteiger partial charge on any atom is 0.300 e. The van der Waals surface area contributed by atoms with E-state index in [9.17, 15) is 14.7 Å². The van der Waals surface area contributed by atoms with E-state index < -0.39 is 17.7 Å². The quantitative estimate of drug-likeness (QED) is 0.279. The van der Waals surface area contributed by atoms with Gasteiger partial charge in [0.25, 0.3) is 11.7 Å². The number of hydrogen-bond donors (Lipinski definition) is 1. The number of nitrogens with zero attached hydrogens (tertiary/aromatic N) is 1. The highest BCUT2D eigenvalue weighted by atomic mass is 16.5. The lowest BCUT2D eigenvalue weighted by Gasteiger charge is -2.27. The van der Waals surface area contributed by atoms with Crippen molar-refractivity contribution in [2.24, 2.45) is 0 Å². The molecule has 0 radical (unpaired) electrons. The number of methoxy groups -OCH3 is 1. The van der Waals surface area contributed by atoms with E-state index in [2.05, 4.69) is 20.8 Å². The van der Waals surface area contributed by atoms with Gasteiger partial charge in [0.05, 0.1) is 18.7 Å². The fraction of sp³-hybridized carbons (Fsp3) is 0.267. The smallest absolute Gasteiger partial charge is 0.300 e. The molecule has 1 heterocycles. The second kappa shape index (κ2) is 9.06. The van der Waals surface area contributed by atoms with Crippen molar-refractivity contribution in [3.8, 4) is 5.75 Å². The summed E-state index contributed by atoms with van der Waals surface area (Å²) in [6.45, 7) is 10.1. The van der Waals surface area contributed by atoms with Crippen molar-refractivity contribution in [3.05, 3.63) is 100 Å². The summed E-state index contributed by atoms with van der Waals surface area (Å²) in [4.78, 5) is 28.4. The van der Waals surface area contributed by atoms with Gasteiger partial charge in [-0.3, -0.25) is 14.5 Å². The number of rotatable bonds is 4. The Morgan fingerprint density at radius 3 is 2.17 bits per heavy atom. The van der Waals surface area contributed by atoms with Gasteiger partial charge in [-0.25, -0.2) is 0 Å². The molecule has 1 aliphatic heterocycles. The van der Waals surface area contributed by atoms with Crippen LogP contribution in [0.25, 0.3) is 5.76 Å². The first-order valence-electron chi connectivity index (χ1n) is 11.7. The Kier molecular flexibility index (Phi) is 6.28. The molecule has 1 fully saturated rings. The van der Waals surface area contributed by atoms with Crippen molar-refractivity contribution < 1.29 is 19.4 Å². The van der Waals surface area contributed by atoms with Crippen LogP contribution in [0.3, 0.4) is 0 Å². The Morgan fingerprint density at radius 2 is 1.57 bits per heavy atom. The Hall–Kier alpha value is -3.86. The van der Waals surface area contributed by atoms with Gasteiger partial charge < -0.3 is 9.84 Å². The van der Waals surface area contributed by atoms with Gasteiger partial charge in [-0.15, -0.1) is 0 Å². The van der Waals surface area contributed by atoms with Crippen molar-refractivity contribution in [1.82, 2.24) is 0 Å². The zero-order valence-electron chi connectivity index (χ0n) is 21.0. The van der Waals surface area contributed by atoms with Gasteiger partial charge in [-0.2, -0.15) is 0 Å². The monoisotopic (exact) mass is 469 g/mol. The van der Waals surface area contributed by atoms with Crippen LogP contribution in [0.1, 0.15) is 54.6 Å². The fourth-order valence-corrected chi connectivity index (χ4v) is 4.51. The number of carbonyl (C=O) groups is 2. The second-order valence-electron chi connectivity index (χ2n) is 10.0. The van der Waals surface area contributed by atoms with Crippen molar-refractivity contribution >= 4 is 23.1 Å². The molecular formula is C30H31NO4. The normalized spacial score (nSPS) is 17.7. The van der Waals surface area contributed by atoms with E-state index >= 15 is 0 Å². The molecular weight excluding hydrogens is 438 g/mol. The third-order valence-electron chi connectivity index (χ3n) is 6.61. The van der Waals surface area contributed by atoms with Crippen LogP contribution in [-0.2, 0) is 15.0 Å². The third kappa shape index (κ3) is 4.34. The first-order valence-corrected chi connectivity index (χ1v) is 11.7. The van der Waals surface area contributed by atoms with Gasteiger partial charge in [-0.1, -0.05) is 63.2 Å². The maximum atomic E-state index is 13.5. The summed E-state index contributed by atoms with van der Waals surface area (Å²) in [5, 5.41) is 11.6. The minimum Gasteiger partial charge on any atom is -0.507 e. The Morgan fingerprint density at radius 1 is 0.914 bits per heavy atom. The highest BCUT2D eigenvalue weighted by molar-refractivity contribution is 6.51. The Balaban J connectivity index is 1.99. The molecule has 0 aromatic heterocycles. The zero-order valence-corrected chi connectivity index (χ0v) is 21.0. The van der Waals surface area contributed by atoms with E-state index in [0.29, 0.717) is 22.6 Å². The summed E-state index contributed by atoms with van der Waals surface area (Å²) < 4.78 is 5.30. The number of aliphatic hydroxyl groups excluding tert-OH is 1. The number of amides is 1. The molecule has 0 aliphatic carbocycles. The molecule has 3 aromatic rings. The molecule has 4 rings (SSSR count). The number of Topliss-reactive ketones (excluding diaryl/α,β-unsaturated/α-hetero) is 1. The Labute approximate surface area is 206 Å².